The van der Waals surface area contributed by atoms with E-state index in [0.717, 1.165) is 25.6 Å². The van der Waals surface area contributed by atoms with Gasteiger partial charge in [0.05, 0.1) is 11.3 Å². The number of nitrogens with zero attached hydrogens (tertiary/aromatic N) is 2. The minimum atomic E-state index is -0.0185. The molecule has 1 aliphatic rings. The molecule has 1 heterocycles. The van der Waals surface area contributed by atoms with Crippen molar-refractivity contribution in [2.24, 2.45) is 5.92 Å². The summed E-state index contributed by atoms with van der Waals surface area (Å²) in [6.45, 7) is 5.28. The minimum absolute atomic E-state index is 0.0185. The van der Waals surface area contributed by atoms with Crippen molar-refractivity contribution in [2.45, 2.75) is 32.6 Å². The number of nitrogens with one attached hydrogen (secondary N) is 1. The van der Waals surface area contributed by atoms with E-state index < -0.39 is 0 Å². The van der Waals surface area contributed by atoms with E-state index in [1.807, 2.05) is 6.07 Å². The van der Waals surface area contributed by atoms with Crippen LogP contribution in [0.15, 0.2) is 24.3 Å². The van der Waals surface area contributed by atoms with Crippen molar-refractivity contribution in [3.05, 3.63) is 29.8 Å². The van der Waals surface area contributed by atoms with Crippen LogP contribution in [0.1, 0.15) is 38.2 Å². The number of carbonyl (C=O) groups excluding carboxylic acids is 1. The summed E-state index contributed by atoms with van der Waals surface area (Å²) in [5, 5.41) is 11.8. The fourth-order valence-corrected chi connectivity index (χ4v) is 2.71. The largest absolute Gasteiger partial charge is 0.325 e. The number of hydrogen-bond acceptors (Lipinski definition) is 3. The Kier molecular flexibility index (Phi) is 5.77. The molecular formula is C17H23N3O. The van der Waals surface area contributed by atoms with Crippen LogP contribution in [-0.2, 0) is 4.79 Å². The van der Waals surface area contributed by atoms with Gasteiger partial charge >= 0.3 is 0 Å². The van der Waals surface area contributed by atoms with Crippen molar-refractivity contribution in [2.75, 3.05) is 25.0 Å². The summed E-state index contributed by atoms with van der Waals surface area (Å²) < 4.78 is 0. The van der Waals surface area contributed by atoms with Crippen LogP contribution in [0.5, 0.6) is 0 Å². The molecule has 4 nitrogen and oxygen atoms in total. The Labute approximate surface area is 126 Å². The van der Waals surface area contributed by atoms with E-state index in [0.29, 0.717) is 17.7 Å². The zero-order valence-electron chi connectivity index (χ0n) is 12.6. The third-order valence-corrected chi connectivity index (χ3v) is 4.09. The number of rotatable bonds is 4. The Morgan fingerprint density at radius 3 is 3.00 bits per heavy atom. The molecule has 112 valence electrons. The second-order valence-corrected chi connectivity index (χ2v) is 5.83. The third kappa shape index (κ3) is 4.87. The molecule has 1 fully saturated rings. The molecule has 0 aromatic heterocycles. The summed E-state index contributed by atoms with van der Waals surface area (Å²) in [5.41, 5.74) is 1.11. The Balaban J connectivity index is 1.81. The molecule has 21 heavy (non-hydrogen) atoms. The molecular weight excluding hydrogens is 262 g/mol. The van der Waals surface area contributed by atoms with Crippen molar-refractivity contribution < 1.29 is 4.79 Å². The molecule has 1 saturated heterocycles. The monoisotopic (exact) mass is 285 g/mol. The first-order valence-electron chi connectivity index (χ1n) is 7.70. The summed E-state index contributed by atoms with van der Waals surface area (Å²) in [4.78, 5) is 14.4. The molecule has 4 heteroatoms. The second-order valence-electron chi connectivity index (χ2n) is 5.83. The van der Waals surface area contributed by atoms with Crippen LogP contribution in [0.3, 0.4) is 0 Å². The van der Waals surface area contributed by atoms with Gasteiger partial charge in [0.25, 0.3) is 0 Å². The van der Waals surface area contributed by atoms with Crippen molar-refractivity contribution in [1.29, 1.82) is 5.26 Å². The number of benzene rings is 1. The van der Waals surface area contributed by atoms with Crippen LogP contribution >= 0.6 is 0 Å². The first-order chi connectivity index (χ1) is 10.2. The molecule has 1 aliphatic heterocycles. The standard InChI is InChI=1S/C17H23N3O/c1-14-5-4-10-20(11-8-14)12-9-17(21)19-16-7-3-2-6-15(16)13-18/h2-3,6-7,14H,4-5,8-12H2,1H3,(H,19,21). The van der Waals surface area contributed by atoms with Crippen molar-refractivity contribution in [3.63, 3.8) is 0 Å². The molecule has 0 saturated carbocycles. The molecule has 0 spiro atoms. The first-order valence-corrected chi connectivity index (χ1v) is 7.70. The van der Waals surface area contributed by atoms with Crippen molar-refractivity contribution in [1.82, 2.24) is 4.90 Å². The second kappa shape index (κ2) is 7.80. The van der Waals surface area contributed by atoms with E-state index in [1.54, 1.807) is 18.2 Å². The van der Waals surface area contributed by atoms with Crippen LogP contribution in [0, 0.1) is 17.2 Å². The molecule has 0 bridgehead atoms. The highest BCUT2D eigenvalue weighted by Gasteiger charge is 2.15. The average Bonchev–Trinajstić information content (AvgIpc) is 2.70. The van der Waals surface area contributed by atoms with Crippen LogP contribution in [0.2, 0.25) is 0 Å². The fraction of sp³-hybridized carbons (Fsp3) is 0.529. The van der Waals surface area contributed by atoms with Gasteiger partial charge in [-0.1, -0.05) is 19.1 Å². The molecule has 1 atom stereocenters. The van der Waals surface area contributed by atoms with E-state index >= 15 is 0 Å². The lowest BCUT2D eigenvalue weighted by atomic mass is 10.0. The molecule has 2 rings (SSSR count). The summed E-state index contributed by atoms with van der Waals surface area (Å²) in [6, 6.07) is 9.20. The van der Waals surface area contributed by atoms with Crippen molar-refractivity contribution in [3.8, 4) is 6.07 Å². The molecule has 1 N–H and O–H groups in total. The Hall–Kier alpha value is -1.86. The van der Waals surface area contributed by atoms with Crippen LogP contribution in [0.25, 0.3) is 0 Å². The van der Waals surface area contributed by atoms with Gasteiger partial charge in [0.15, 0.2) is 0 Å². The molecule has 0 radical (unpaired) electrons. The van der Waals surface area contributed by atoms with Gasteiger partial charge < -0.3 is 10.2 Å². The zero-order valence-corrected chi connectivity index (χ0v) is 12.6. The maximum Gasteiger partial charge on any atom is 0.225 e. The fourth-order valence-electron chi connectivity index (χ4n) is 2.71. The van der Waals surface area contributed by atoms with Gasteiger partial charge in [-0.05, 0) is 50.4 Å². The average molecular weight is 285 g/mol. The van der Waals surface area contributed by atoms with E-state index in [-0.39, 0.29) is 5.91 Å². The number of carbonyl (C=O) groups is 1. The number of para-hydroxylation sites is 1. The first kappa shape index (κ1) is 15.5. The van der Waals surface area contributed by atoms with Gasteiger partial charge in [0.2, 0.25) is 5.91 Å². The summed E-state index contributed by atoms with van der Waals surface area (Å²) in [7, 11) is 0. The van der Waals surface area contributed by atoms with Crippen LogP contribution in [-0.4, -0.2) is 30.4 Å². The van der Waals surface area contributed by atoms with Gasteiger partial charge in [-0.3, -0.25) is 4.79 Å². The number of hydrogen-bond donors (Lipinski definition) is 1. The summed E-state index contributed by atoms with van der Waals surface area (Å²) >= 11 is 0. The van der Waals surface area contributed by atoms with Gasteiger partial charge in [-0.2, -0.15) is 5.26 Å². The predicted molar refractivity (Wildman–Crippen MR) is 83.9 cm³/mol. The van der Waals surface area contributed by atoms with E-state index in [4.69, 9.17) is 5.26 Å². The maximum absolute atomic E-state index is 12.0. The lowest BCUT2D eigenvalue weighted by Crippen LogP contribution is -2.29. The van der Waals surface area contributed by atoms with Gasteiger partial charge in [-0.25, -0.2) is 0 Å². The van der Waals surface area contributed by atoms with Crippen LogP contribution < -0.4 is 5.32 Å². The highest BCUT2D eigenvalue weighted by Crippen LogP contribution is 2.17. The Bertz CT molecular complexity index is 521. The number of anilines is 1. The lowest BCUT2D eigenvalue weighted by molar-refractivity contribution is -0.116. The SMILES string of the molecule is CC1CCCN(CCC(=O)Nc2ccccc2C#N)CC1. The smallest absolute Gasteiger partial charge is 0.225 e. The minimum Gasteiger partial charge on any atom is -0.325 e. The topological polar surface area (TPSA) is 56.1 Å². The van der Waals surface area contributed by atoms with Crippen LogP contribution in [0.4, 0.5) is 5.69 Å². The van der Waals surface area contributed by atoms with Gasteiger partial charge in [0, 0.05) is 13.0 Å². The number of nitriles is 1. The van der Waals surface area contributed by atoms with E-state index in [2.05, 4.69) is 23.2 Å². The third-order valence-electron chi connectivity index (χ3n) is 4.09. The lowest BCUT2D eigenvalue weighted by Gasteiger charge is -2.19. The Morgan fingerprint density at radius 1 is 1.38 bits per heavy atom. The quantitative estimate of drug-likeness (QED) is 0.925. The molecule has 1 aromatic rings. The van der Waals surface area contributed by atoms with Crippen molar-refractivity contribution >= 4 is 11.6 Å². The highest BCUT2D eigenvalue weighted by atomic mass is 16.1. The maximum atomic E-state index is 12.0. The van der Waals surface area contributed by atoms with E-state index in [1.165, 1.54) is 19.3 Å². The van der Waals surface area contributed by atoms with E-state index in [9.17, 15) is 4.79 Å². The van der Waals surface area contributed by atoms with Gasteiger partial charge in [0.1, 0.15) is 6.07 Å². The highest BCUT2D eigenvalue weighted by molar-refractivity contribution is 5.92. The zero-order chi connectivity index (χ0) is 15.1. The molecule has 0 aliphatic carbocycles. The predicted octanol–water partition coefficient (Wildman–Crippen LogP) is 3.01. The molecule has 1 unspecified atom stereocenters. The normalized spacial score (nSPS) is 19.5. The molecule has 1 aromatic carbocycles. The summed E-state index contributed by atoms with van der Waals surface area (Å²) in [6.07, 6.45) is 4.21. The Morgan fingerprint density at radius 2 is 2.19 bits per heavy atom. The number of amides is 1. The molecule has 1 amide bonds. The number of likely N-dealkylation sites (tertiary alicyclic amines) is 1. The van der Waals surface area contributed by atoms with Gasteiger partial charge in [-0.15, -0.1) is 0 Å². The summed E-state index contributed by atoms with van der Waals surface area (Å²) in [5.74, 6) is 0.779.